The average molecular weight is 684 g/mol. The maximum absolute atomic E-state index is 13.8. The molecule has 0 aliphatic carbocycles. The Morgan fingerprint density at radius 3 is 2.38 bits per heavy atom. The summed E-state index contributed by atoms with van der Waals surface area (Å²) in [5.41, 5.74) is 1.33. The van der Waals surface area contributed by atoms with Crippen molar-refractivity contribution < 1.29 is 38.2 Å². The number of ether oxygens (including phenoxy) is 3. The quantitative estimate of drug-likeness (QED) is 0.409. The van der Waals surface area contributed by atoms with Gasteiger partial charge in [0.2, 0.25) is 23.6 Å². The number of morpholine rings is 1. The third kappa shape index (κ3) is 8.95. The molecule has 0 unspecified atom stereocenters. The normalized spacial score (nSPS) is 23.9. The van der Waals surface area contributed by atoms with Crippen LogP contribution in [-0.2, 0) is 41.6 Å². The molecule has 2 aromatic rings. The van der Waals surface area contributed by atoms with Crippen LogP contribution in [0.5, 0.6) is 11.5 Å². The molecule has 3 aliphatic heterocycles. The van der Waals surface area contributed by atoms with Gasteiger partial charge in [0.1, 0.15) is 25.3 Å². The van der Waals surface area contributed by atoms with E-state index in [-0.39, 0.29) is 50.8 Å². The van der Waals surface area contributed by atoms with Crippen LogP contribution >= 0.6 is 11.6 Å². The van der Waals surface area contributed by atoms with Gasteiger partial charge in [0.25, 0.3) is 5.91 Å². The molecule has 3 aliphatic rings. The Labute approximate surface area is 284 Å². The standard InChI is InChI=1S/C34H42ClN5O8/c1-20(2)11-25-32(43)36-16-23-17-40(31(42)14-22-13-27-28(15-24(22)35)47-10-9-46-27)18-29(48-23)33(44)38-26(12-21-7-5-4-6-8-21)34(45)39(3)19-30(41)37-25/h4-8,13,15,20,23,25-26,29H,9-12,14,16-19H2,1-3H3,(H,36,43)(H,37,41)(H,38,44)/t23-,25+,26-,29-/m1/s1. The van der Waals surface area contributed by atoms with Crippen LogP contribution in [0.2, 0.25) is 5.02 Å². The number of carbonyl (C=O) groups excluding carboxylic acids is 5. The molecule has 0 saturated carbocycles. The monoisotopic (exact) mass is 683 g/mol. The van der Waals surface area contributed by atoms with Crippen molar-refractivity contribution in [2.45, 2.75) is 57.4 Å². The van der Waals surface area contributed by atoms with Crippen LogP contribution in [0.15, 0.2) is 42.5 Å². The molecule has 2 saturated heterocycles. The molecule has 0 radical (unpaired) electrons. The molecule has 3 heterocycles. The van der Waals surface area contributed by atoms with E-state index in [1.165, 1.54) is 16.8 Å². The van der Waals surface area contributed by atoms with Crippen molar-refractivity contribution in [1.29, 1.82) is 0 Å². The van der Waals surface area contributed by atoms with Gasteiger partial charge in [0.05, 0.1) is 25.6 Å². The van der Waals surface area contributed by atoms with Crippen LogP contribution in [0.1, 0.15) is 31.4 Å². The molecule has 14 heteroatoms. The largest absolute Gasteiger partial charge is 0.486 e. The first-order chi connectivity index (χ1) is 23.0. The van der Waals surface area contributed by atoms with E-state index in [0.717, 1.165) is 5.56 Å². The smallest absolute Gasteiger partial charge is 0.251 e. The lowest BCUT2D eigenvalue weighted by Crippen LogP contribution is -2.59. The maximum Gasteiger partial charge on any atom is 0.251 e. The molecular formula is C34H42ClN5O8. The lowest BCUT2D eigenvalue weighted by Gasteiger charge is -2.38. The third-order valence-corrected chi connectivity index (χ3v) is 8.73. The molecule has 48 heavy (non-hydrogen) atoms. The molecule has 0 spiro atoms. The zero-order valence-corrected chi connectivity index (χ0v) is 28.1. The number of hydrogen-bond acceptors (Lipinski definition) is 8. The van der Waals surface area contributed by atoms with E-state index in [1.807, 2.05) is 44.2 Å². The SMILES string of the molecule is CC(C)C[C@@H]1NC(=O)CN(C)C(=O)[C@@H](Cc2ccccc2)NC(=O)[C@H]2CN(C(=O)Cc3cc4c(cc3Cl)OCCO4)C[C@@H](CNC1=O)O2. The van der Waals surface area contributed by atoms with Crippen molar-refractivity contribution in [3.8, 4) is 11.5 Å². The fraction of sp³-hybridized carbons (Fsp3) is 0.500. The van der Waals surface area contributed by atoms with E-state index < -0.39 is 47.9 Å². The van der Waals surface area contributed by atoms with Crippen LogP contribution in [-0.4, -0.2) is 110 Å². The summed E-state index contributed by atoms with van der Waals surface area (Å²) in [6, 6.07) is 10.6. The fourth-order valence-electron chi connectivity index (χ4n) is 5.97. The van der Waals surface area contributed by atoms with Crippen LogP contribution in [0.4, 0.5) is 0 Å². The molecule has 0 aromatic heterocycles. The summed E-state index contributed by atoms with van der Waals surface area (Å²) in [7, 11) is 1.47. The first-order valence-corrected chi connectivity index (χ1v) is 16.5. The van der Waals surface area contributed by atoms with Crippen molar-refractivity contribution in [2.75, 3.05) is 46.4 Å². The first-order valence-electron chi connectivity index (χ1n) is 16.1. The van der Waals surface area contributed by atoms with E-state index in [1.54, 1.807) is 12.1 Å². The van der Waals surface area contributed by atoms with Crippen LogP contribution in [0.25, 0.3) is 0 Å². The Kier molecular flexibility index (Phi) is 11.4. The van der Waals surface area contributed by atoms with Gasteiger partial charge in [-0.3, -0.25) is 24.0 Å². The molecule has 258 valence electrons. The molecular weight excluding hydrogens is 642 g/mol. The Balaban J connectivity index is 1.41. The fourth-order valence-corrected chi connectivity index (χ4v) is 6.19. The van der Waals surface area contributed by atoms with Gasteiger partial charge in [-0.15, -0.1) is 0 Å². The van der Waals surface area contributed by atoms with Crippen molar-refractivity contribution >= 4 is 41.1 Å². The number of hydrogen-bond donors (Lipinski definition) is 3. The Hall–Kier alpha value is -4.36. The highest BCUT2D eigenvalue weighted by Crippen LogP contribution is 2.35. The maximum atomic E-state index is 13.8. The minimum Gasteiger partial charge on any atom is -0.486 e. The number of halogens is 1. The van der Waals surface area contributed by atoms with Crippen molar-refractivity contribution in [3.05, 3.63) is 58.6 Å². The number of nitrogens with one attached hydrogen (secondary N) is 3. The zero-order valence-electron chi connectivity index (χ0n) is 27.3. The molecule has 2 fully saturated rings. The minimum absolute atomic E-state index is 0.0199. The highest BCUT2D eigenvalue weighted by molar-refractivity contribution is 6.31. The van der Waals surface area contributed by atoms with Crippen molar-refractivity contribution in [2.24, 2.45) is 5.92 Å². The number of fused-ring (bicyclic) bond motifs is 3. The second-order valence-electron chi connectivity index (χ2n) is 12.7. The Bertz CT molecular complexity index is 1520. The minimum atomic E-state index is -1.15. The van der Waals surface area contributed by atoms with Crippen LogP contribution in [0, 0.1) is 5.92 Å². The third-order valence-electron chi connectivity index (χ3n) is 8.38. The Morgan fingerprint density at radius 1 is 0.958 bits per heavy atom. The number of likely N-dealkylation sites (N-methyl/N-ethyl adjacent to an activating group) is 1. The number of carbonyl (C=O) groups is 5. The summed E-state index contributed by atoms with van der Waals surface area (Å²) in [5.74, 6) is -1.26. The van der Waals surface area contributed by atoms with Crippen LogP contribution < -0.4 is 25.4 Å². The van der Waals surface area contributed by atoms with Gasteiger partial charge in [0, 0.05) is 37.6 Å². The average Bonchev–Trinajstić information content (AvgIpc) is 3.06. The van der Waals surface area contributed by atoms with Gasteiger partial charge in [-0.1, -0.05) is 55.8 Å². The highest BCUT2D eigenvalue weighted by atomic mass is 35.5. The summed E-state index contributed by atoms with van der Waals surface area (Å²) in [6.07, 6.45) is -1.46. The number of benzene rings is 2. The van der Waals surface area contributed by atoms with Crippen molar-refractivity contribution in [3.63, 3.8) is 0 Å². The zero-order chi connectivity index (χ0) is 34.4. The van der Waals surface area contributed by atoms with Crippen molar-refractivity contribution in [1.82, 2.24) is 25.8 Å². The topological polar surface area (TPSA) is 156 Å². The molecule has 3 N–H and O–H groups in total. The molecule has 5 rings (SSSR count). The van der Waals surface area contributed by atoms with Gasteiger partial charge < -0.3 is 40.0 Å². The second-order valence-corrected chi connectivity index (χ2v) is 13.2. The lowest BCUT2D eigenvalue weighted by atomic mass is 10.0. The first kappa shape index (κ1) is 35.0. The summed E-state index contributed by atoms with van der Waals surface area (Å²) in [5, 5.41) is 8.75. The Morgan fingerprint density at radius 2 is 1.67 bits per heavy atom. The molecule has 5 amide bonds. The summed E-state index contributed by atoms with van der Waals surface area (Å²) in [4.78, 5) is 70.3. The number of nitrogens with zero attached hydrogens (tertiary/aromatic N) is 2. The van der Waals surface area contributed by atoms with E-state index in [9.17, 15) is 24.0 Å². The van der Waals surface area contributed by atoms with E-state index in [4.69, 9.17) is 25.8 Å². The molecule has 2 bridgehead atoms. The van der Waals surface area contributed by atoms with E-state index in [2.05, 4.69) is 16.0 Å². The lowest BCUT2D eigenvalue weighted by molar-refractivity contribution is -0.157. The predicted octanol–water partition coefficient (Wildman–Crippen LogP) is 1.10. The summed E-state index contributed by atoms with van der Waals surface area (Å²) < 4.78 is 17.4. The highest BCUT2D eigenvalue weighted by Gasteiger charge is 2.38. The summed E-state index contributed by atoms with van der Waals surface area (Å²) in [6.45, 7) is 4.31. The van der Waals surface area contributed by atoms with Gasteiger partial charge in [0.15, 0.2) is 17.6 Å². The second kappa shape index (κ2) is 15.7. The van der Waals surface area contributed by atoms with Gasteiger partial charge in [-0.05, 0) is 29.5 Å². The number of rotatable bonds is 6. The van der Waals surface area contributed by atoms with Crippen LogP contribution in [0.3, 0.4) is 0 Å². The van der Waals surface area contributed by atoms with Gasteiger partial charge in [-0.25, -0.2) is 0 Å². The van der Waals surface area contributed by atoms with Gasteiger partial charge in [-0.2, -0.15) is 0 Å². The molecule has 13 nitrogen and oxygen atoms in total. The van der Waals surface area contributed by atoms with Gasteiger partial charge >= 0.3 is 0 Å². The number of amides is 5. The molecule has 2 aromatic carbocycles. The van der Waals surface area contributed by atoms with E-state index in [0.29, 0.717) is 41.7 Å². The molecule has 4 atom stereocenters. The summed E-state index contributed by atoms with van der Waals surface area (Å²) >= 11 is 6.50. The predicted molar refractivity (Wildman–Crippen MR) is 175 cm³/mol. The van der Waals surface area contributed by atoms with E-state index >= 15 is 0 Å².